The summed E-state index contributed by atoms with van der Waals surface area (Å²) in [6.45, 7) is -0.505. The lowest BCUT2D eigenvalue weighted by Crippen LogP contribution is -2.33. The van der Waals surface area contributed by atoms with Crippen molar-refractivity contribution < 1.29 is 19.9 Å². The van der Waals surface area contributed by atoms with Gasteiger partial charge in [0.15, 0.2) is 0 Å². The van der Waals surface area contributed by atoms with Crippen LogP contribution in [0.5, 0.6) is 0 Å². The molecule has 7 nitrogen and oxygen atoms in total. The third-order valence-corrected chi connectivity index (χ3v) is 1.48. The number of para-hydroxylation sites is 1. The fraction of sp³-hybridized carbons (Fsp3) is 0.222. The van der Waals surface area contributed by atoms with Crippen LogP contribution in [0.3, 0.4) is 0 Å². The number of carboxylic acids is 1. The molecule has 88 valence electrons. The number of nitro benzene ring substituents is 1. The van der Waals surface area contributed by atoms with Crippen molar-refractivity contribution in [3.05, 3.63) is 40.4 Å². The smallest absolute Gasteiger partial charge is 0.322 e. The van der Waals surface area contributed by atoms with Crippen LogP contribution in [0.2, 0.25) is 0 Å². The Hall–Kier alpha value is -1.99. The van der Waals surface area contributed by atoms with Crippen molar-refractivity contribution in [3.8, 4) is 0 Å². The molecule has 0 aromatic heterocycles. The van der Waals surface area contributed by atoms with E-state index in [2.05, 4.69) is 0 Å². The van der Waals surface area contributed by atoms with Crippen LogP contribution in [0.25, 0.3) is 0 Å². The van der Waals surface area contributed by atoms with Crippen molar-refractivity contribution in [2.75, 3.05) is 6.61 Å². The number of rotatable bonds is 3. The molecular formula is C9H12N2O5. The van der Waals surface area contributed by atoms with Crippen LogP contribution in [-0.2, 0) is 4.79 Å². The highest BCUT2D eigenvalue weighted by molar-refractivity contribution is 5.73. The Bertz CT molecular complexity index is 341. The highest BCUT2D eigenvalue weighted by atomic mass is 16.6. The molecule has 0 aliphatic heterocycles. The summed E-state index contributed by atoms with van der Waals surface area (Å²) >= 11 is 0. The van der Waals surface area contributed by atoms with E-state index in [9.17, 15) is 14.9 Å². The number of nitrogens with two attached hydrogens (primary N) is 1. The number of non-ortho nitro benzene ring substituents is 1. The van der Waals surface area contributed by atoms with Crippen LogP contribution >= 0.6 is 0 Å². The Balaban J connectivity index is 0.000000293. The van der Waals surface area contributed by atoms with Crippen molar-refractivity contribution in [2.45, 2.75) is 6.04 Å². The Morgan fingerprint density at radius 2 is 1.94 bits per heavy atom. The monoisotopic (exact) mass is 228 g/mol. The number of hydrogen-bond donors (Lipinski definition) is 3. The summed E-state index contributed by atoms with van der Waals surface area (Å²) in [5.74, 6) is -1.18. The zero-order chi connectivity index (χ0) is 12.6. The zero-order valence-electron chi connectivity index (χ0n) is 8.31. The van der Waals surface area contributed by atoms with Crippen LogP contribution in [0.4, 0.5) is 5.69 Å². The predicted molar refractivity (Wildman–Crippen MR) is 55.8 cm³/mol. The minimum absolute atomic E-state index is 0.137. The molecule has 0 bridgehead atoms. The second kappa shape index (κ2) is 7.32. The maximum atomic E-state index is 10.0. The molecule has 1 aromatic rings. The molecular weight excluding hydrogens is 216 g/mol. The summed E-state index contributed by atoms with van der Waals surface area (Å²) in [7, 11) is 0. The van der Waals surface area contributed by atoms with Crippen molar-refractivity contribution in [1.29, 1.82) is 0 Å². The first-order valence-corrected chi connectivity index (χ1v) is 4.27. The Kier molecular flexibility index (Phi) is 6.41. The van der Waals surface area contributed by atoms with E-state index in [1.807, 2.05) is 0 Å². The average Bonchev–Trinajstić information content (AvgIpc) is 2.29. The third-order valence-electron chi connectivity index (χ3n) is 1.48. The van der Waals surface area contributed by atoms with Crippen LogP contribution in [0.15, 0.2) is 30.3 Å². The first-order valence-electron chi connectivity index (χ1n) is 4.27. The number of carbonyl (C=O) groups is 1. The molecule has 1 rings (SSSR count). The minimum atomic E-state index is -1.18. The van der Waals surface area contributed by atoms with Gasteiger partial charge >= 0.3 is 5.97 Å². The average molecular weight is 228 g/mol. The van der Waals surface area contributed by atoms with Gasteiger partial charge in [0.1, 0.15) is 6.04 Å². The lowest BCUT2D eigenvalue weighted by Gasteiger charge is -1.96. The molecule has 0 radical (unpaired) electrons. The van der Waals surface area contributed by atoms with E-state index in [1.54, 1.807) is 18.2 Å². The molecule has 0 fully saturated rings. The molecule has 0 heterocycles. The van der Waals surface area contributed by atoms with E-state index >= 15 is 0 Å². The van der Waals surface area contributed by atoms with Crippen molar-refractivity contribution >= 4 is 11.7 Å². The second-order valence-corrected chi connectivity index (χ2v) is 2.72. The van der Waals surface area contributed by atoms with Crippen LogP contribution in [0, 0.1) is 10.1 Å². The van der Waals surface area contributed by atoms with Crippen LogP contribution in [-0.4, -0.2) is 33.8 Å². The van der Waals surface area contributed by atoms with Gasteiger partial charge in [-0.1, -0.05) is 18.2 Å². The molecule has 0 amide bonds. The maximum Gasteiger partial charge on any atom is 0.322 e. The normalized spacial score (nSPS) is 10.9. The third kappa shape index (κ3) is 5.68. The lowest BCUT2D eigenvalue weighted by atomic mass is 10.3. The largest absolute Gasteiger partial charge is 0.480 e. The van der Waals surface area contributed by atoms with Gasteiger partial charge in [-0.3, -0.25) is 14.9 Å². The van der Waals surface area contributed by atoms with Gasteiger partial charge in [0.2, 0.25) is 0 Å². The summed E-state index contributed by atoms with van der Waals surface area (Å²) in [6.07, 6.45) is 0. The van der Waals surface area contributed by atoms with Crippen molar-refractivity contribution in [2.24, 2.45) is 5.73 Å². The molecule has 7 heteroatoms. The van der Waals surface area contributed by atoms with E-state index in [4.69, 9.17) is 15.9 Å². The summed E-state index contributed by atoms with van der Waals surface area (Å²) < 4.78 is 0. The van der Waals surface area contributed by atoms with Crippen molar-refractivity contribution in [3.63, 3.8) is 0 Å². The second-order valence-electron chi connectivity index (χ2n) is 2.72. The van der Waals surface area contributed by atoms with Gasteiger partial charge in [0, 0.05) is 12.1 Å². The highest BCUT2D eigenvalue weighted by Gasteiger charge is 2.07. The number of aliphatic hydroxyl groups is 1. The summed E-state index contributed by atoms with van der Waals surface area (Å²) in [4.78, 5) is 19.2. The van der Waals surface area contributed by atoms with E-state index in [1.165, 1.54) is 12.1 Å². The summed E-state index contributed by atoms with van der Waals surface area (Å²) in [5.41, 5.74) is 4.90. The van der Waals surface area contributed by atoms with E-state index in [0.717, 1.165) is 0 Å². The van der Waals surface area contributed by atoms with E-state index < -0.39 is 23.5 Å². The minimum Gasteiger partial charge on any atom is -0.480 e. The van der Waals surface area contributed by atoms with Crippen molar-refractivity contribution in [1.82, 2.24) is 0 Å². The predicted octanol–water partition coefficient (Wildman–Crippen LogP) is -0.0146. The number of benzene rings is 1. The van der Waals surface area contributed by atoms with Gasteiger partial charge in [-0.05, 0) is 0 Å². The quantitative estimate of drug-likeness (QED) is 0.493. The molecule has 0 aliphatic rings. The maximum absolute atomic E-state index is 10.0. The number of nitro groups is 1. The molecule has 0 saturated carbocycles. The molecule has 0 aliphatic carbocycles. The van der Waals surface area contributed by atoms with Crippen LogP contribution < -0.4 is 5.73 Å². The lowest BCUT2D eigenvalue weighted by molar-refractivity contribution is -0.384. The zero-order valence-corrected chi connectivity index (χ0v) is 8.31. The van der Waals surface area contributed by atoms with Gasteiger partial charge < -0.3 is 15.9 Å². The fourth-order valence-electron chi connectivity index (χ4n) is 0.628. The highest BCUT2D eigenvalue weighted by Crippen LogP contribution is 2.06. The summed E-state index contributed by atoms with van der Waals surface area (Å²) in [5, 5.41) is 25.9. The summed E-state index contributed by atoms with van der Waals surface area (Å²) in [6, 6.07) is 6.81. The van der Waals surface area contributed by atoms with Crippen LogP contribution in [0.1, 0.15) is 0 Å². The first kappa shape index (κ1) is 14.0. The SMILES string of the molecule is NC(CO)C(=O)O.O=[N+]([O-])c1ccccc1. The Labute approximate surface area is 91.3 Å². The van der Waals surface area contributed by atoms with Gasteiger partial charge in [-0.2, -0.15) is 0 Å². The Morgan fingerprint density at radius 3 is 2.12 bits per heavy atom. The topological polar surface area (TPSA) is 127 Å². The number of aliphatic hydroxyl groups excluding tert-OH is 1. The molecule has 1 aromatic carbocycles. The van der Waals surface area contributed by atoms with Gasteiger partial charge in [0.25, 0.3) is 5.69 Å². The van der Waals surface area contributed by atoms with Gasteiger partial charge in [0.05, 0.1) is 11.5 Å². The Morgan fingerprint density at radius 1 is 1.44 bits per heavy atom. The molecule has 1 unspecified atom stereocenters. The number of aliphatic carboxylic acids is 1. The number of hydrogen-bond acceptors (Lipinski definition) is 5. The molecule has 0 saturated heterocycles. The number of nitrogens with zero attached hydrogens (tertiary/aromatic N) is 1. The molecule has 4 N–H and O–H groups in total. The molecule has 16 heavy (non-hydrogen) atoms. The van der Waals surface area contributed by atoms with Gasteiger partial charge in [-0.25, -0.2) is 0 Å². The fourth-order valence-corrected chi connectivity index (χ4v) is 0.628. The molecule has 0 spiro atoms. The van der Waals surface area contributed by atoms with E-state index in [0.29, 0.717) is 0 Å². The molecule has 1 atom stereocenters. The van der Waals surface area contributed by atoms with E-state index in [-0.39, 0.29) is 5.69 Å². The van der Waals surface area contributed by atoms with Gasteiger partial charge in [-0.15, -0.1) is 0 Å². The first-order chi connectivity index (χ1) is 7.49. The number of carboxylic acid groups (broad SMARTS) is 1. The standard InChI is InChI=1S/C6H5NO2.C3H7NO3/c8-7(9)6-4-2-1-3-5-6;4-2(1-5)3(6)7/h1-5H;2,5H,1,4H2,(H,6,7).